The summed E-state index contributed by atoms with van der Waals surface area (Å²) in [5.41, 5.74) is 17.2. The lowest BCUT2D eigenvalue weighted by Gasteiger charge is -2.42. The number of benzene rings is 9. The van der Waals surface area contributed by atoms with E-state index in [-0.39, 0.29) is 12.3 Å². The highest BCUT2D eigenvalue weighted by Crippen LogP contribution is 2.58. The SMILES string of the molecule is CC1(C)c2ccccc2-c2c1cc1c3c2N(c2ccc4sc5ccccc5c4c2)c2cc4c(cc2B3n2c3cc5ccccc5cc3c3cccc-1c32)sc1ccccc14. The Bertz CT molecular complexity index is 3960. The van der Waals surface area contributed by atoms with Crippen LogP contribution in [0.3, 0.4) is 0 Å². The van der Waals surface area contributed by atoms with E-state index in [0.717, 1.165) is 0 Å². The number of hydrogen-bond donors (Lipinski definition) is 0. The van der Waals surface area contributed by atoms with Crippen LogP contribution < -0.4 is 15.8 Å². The van der Waals surface area contributed by atoms with E-state index < -0.39 is 0 Å². The van der Waals surface area contributed by atoms with Gasteiger partial charge in [-0.3, -0.25) is 0 Å². The fourth-order valence-corrected chi connectivity index (χ4v) is 13.9. The molecule has 0 saturated carbocycles. The zero-order valence-corrected chi connectivity index (χ0v) is 34.5. The monoisotopic (exact) mass is 796 g/mol. The topological polar surface area (TPSA) is 8.17 Å². The number of nitrogens with zero attached hydrogens (tertiary/aromatic N) is 2. The molecule has 278 valence electrons. The van der Waals surface area contributed by atoms with Crippen LogP contribution in [0.1, 0.15) is 25.0 Å². The first-order chi connectivity index (χ1) is 29.5. The average Bonchev–Trinajstić information content (AvgIpc) is 4.00. The summed E-state index contributed by atoms with van der Waals surface area (Å²) in [4.78, 5) is 2.69. The Kier molecular flexibility index (Phi) is 5.87. The predicted molar refractivity (Wildman–Crippen MR) is 261 cm³/mol. The summed E-state index contributed by atoms with van der Waals surface area (Å²) in [5.74, 6) is 0. The van der Waals surface area contributed by atoms with Gasteiger partial charge in [-0.25, -0.2) is 0 Å². The molecule has 2 nitrogen and oxygen atoms in total. The molecule has 0 fully saturated rings. The van der Waals surface area contributed by atoms with Gasteiger partial charge in [0.15, 0.2) is 0 Å². The van der Waals surface area contributed by atoms with Gasteiger partial charge in [-0.1, -0.05) is 117 Å². The van der Waals surface area contributed by atoms with Gasteiger partial charge < -0.3 is 9.38 Å². The molecule has 2 aliphatic heterocycles. The van der Waals surface area contributed by atoms with Crippen molar-refractivity contribution in [3.05, 3.63) is 175 Å². The third kappa shape index (κ3) is 3.83. The second-order valence-electron chi connectivity index (χ2n) is 17.6. The molecule has 5 heterocycles. The van der Waals surface area contributed by atoms with Crippen LogP contribution in [0, 0.1) is 0 Å². The van der Waals surface area contributed by atoms with Crippen LogP contribution in [0.4, 0.5) is 17.1 Å². The molecule has 9 aromatic carbocycles. The van der Waals surface area contributed by atoms with Gasteiger partial charge in [0.25, 0.3) is 0 Å². The Balaban J connectivity index is 1.17. The molecule has 0 saturated heterocycles. The fraction of sp³-hybridized carbons (Fsp3) is 0.0545. The molecule has 60 heavy (non-hydrogen) atoms. The van der Waals surface area contributed by atoms with Gasteiger partial charge in [-0.05, 0) is 105 Å². The Morgan fingerprint density at radius 3 is 1.98 bits per heavy atom. The predicted octanol–water partition coefficient (Wildman–Crippen LogP) is 14.4. The standard InChI is InChI=1S/C55H33BN2S2/c1-55(2)42-19-8-5-16-37(42)51-43(55)27-41-36-18-11-17-35-38-24-30-12-3-4-13-31(30)25-45(38)58(53(35)36)56-44-29-50-40(34-15-7-10-21-48(34)60-50)28-46(44)57(54(51)52(41)56)32-22-23-49-39(26-32)33-14-6-9-20-47(33)59-49/h3-29H,1-2H3. The van der Waals surface area contributed by atoms with Gasteiger partial charge in [0, 0.05) is 90.1 Å². The number of rotatable bonds is 1. The first-order valence-electron chi connectivity index (χ1n) is 20.9. The van der Waals surface area contributed by atoms with Crippen molar-refractivity contribution < 1.29 is 0 Å². The summed E-state index contributed by atoms with van der Waals surface area (Å²) in [6.07, 6.45) is 0. The van der Waals surface area contributed by atoms with Gasteiger partial charge in [0.1, 0.15) is 0 Å². The maximum absolute atomic E-state index is 2.74. The van der Waals surface area contributed by atoms with Crippen LogP contribution in [0.2, 0.25) is 0 Å². The zero-order chi connectivity index (χ0) is 39.2. The molecule has 15 rings (SSSR count). The molecule has 5 heteroatoms. The van der Waals surface area contributed by atoms with Crippen molar-refractivity contribution in [3.8, 4) is 22.3 Å². The van der Waals surface area contributed by atoms with E-state index in [1.165, 1.54) is 134 Å². The maximum atomic E-state index is 2.74. The molecule has 3 aromatic heterocycles. The van der Waals surface area contributed by atoms with Crippen LogP contribution in [0.25, 0.3) is 95.2 Å². The first-order valence-corrected chi connectivity index (χ1v) is 22.6. The van der Waals surface area contributed by atoms with Crippen molar-refractivity contribution in [2.75, 3.05) is 4.90 Å². The molecule has 12 aromatic rings. The van der Waals surface area contributed by atoms with Gasteiger partial charge in [-0.15, -0.1) is 22.7 Å². The minimum atomic E-state index is -0.185. The summed E-state index contributed by atoms with van der Waals surface area (Å²) < 4.78 is 8.06. The van der Waals surface area contributed by atoms with Crippen LogP contribution in [0.5, 0.6) is 0 Å². The maximum Gasteiger partial charge on any atom is 0.333 e. The summed E-state index contributed by atoms with van der Waals surface area (Å²) >= 11 is 3.81. The minimum Gasteiger partial charge on any atom is -0.375 e. The third-order valence-corrected chi connectivity index (χ3v) is 16.6. The van der Waals surface area contributed by atoms with Gasteiger partial charge >= 0.3 is 6.85 Å². The van der Waals surface area contributed by atoms with E-state index in [1.54, 1.807) is 0 Å². The van der Waals surface area contributed by atoms with Crippen LogP contribution >= 0.6 is 22.7 Å². The smallest absolute Gasteiger partial charge is 0.333 e. The van der Waals surface area contributed by atoms with Crippen molar-refractivity contribution in [1.82, 2.24) is 4.48 Å². The Labute approximate surface area is 354 Å². The molecule has 0 unspecified atom stereocenters. The second kappa shape index (κ2) is 10.9. The lowest BCUT2D eigenvalue weighted by molar-refractivity contribution is 0.660. The van der Waals surface area contributed by atoms with E-state index in [9.17, 15) is 0 Å². The molecular weight excluding hydrogens is 764 g/mol. The summed E-state index contributed by atoms with van der Waals surface area (Å²) in [7, 11) is 0. The fourth-order valence-electron chi connectivity index (χ4n) is 11.7. The van der Waals surface area contributed by atoms with Crippen molar-refractivity contribution in [1.29, 1.82) is 0 Å². The zero-order valence-electron chi connectivity index (χ0n) is 32.9. The molecule has 1 aliphatic carbocycles. The Hall–Kier alpha value is -6.66. The van der Waals surface area contributed by atoms with E-state index in [1.807, 2.05) is 22.7 Å². The van der Waals surface area contributed by atoms with E-state index in [4.69, 9.17) is 0 Å². The molecular formula is C55H33BN2S2. The number of thiophene rings is 2. The number of anilines is 3. The molecule has 0 N–H and O–H groups in total. The summed E-state index contributed by atoms with van der Waals surface area (Å²) in [6, 6.07) is 62.9. The number of fused-ring (bicyclic) bond motifs is 18. The summed E-state index contributed by atoms with van der Waals surface area (Å²) in [6.45, 7) is 4.83. The highest BCUT2D eigenvalue weighted by Gasteiger charge is 2.48. The van der Waals surface area contributed by atoms with E-state index in [2.05, 4.69) is 187 Å². The van der Waals surface area contributed by atoms with Gasteiger partial charge in [0.05, 0.1) is 5.69 Å². The van der Waals surface area contributed by atoms with Crippen LogP contribution in [-0.4, -0.2) is 11.3 Å². The molecule has 3 aliphatic rings. The Morgan fingerprint density at radius 2 is 1.15 bits per heavy atom. The van der Waals surface area contributed by atoms with Gasteiger partial charge in [0.2, 0.25) is 0 Å². The van der Waals surface area contributed by atoms with Crippen molar-refractivity contribution in [2.45, 2.75) is 19.3 Å². The second-order valence-corrected chi connectivity index (χ2v) is 19.8. The highest BCUT2D eigenvalue weighted by atomic mass is 32.1. The minimum absolute atomic E-state index is 0.0428. The van der Waals surface area contributed by atoms with Crippen molar-refractivity contribution in [3.63, 3.8) is 0 Å². The van der Waals surface area contributed by atoms with E-state index in [0.29, 0.717) is 0 Å². The van der Waals surface area contributed by atoms with Crippen molar-refractivity contribution in [2.24, 2.45) is 0 Å². The molecule has 0 amide bonds. The molecule has 0 spiro atoms. The van der Waals surface area contributed by atoms with Crippen LogP contribution in [-0.2, 0) is 5.41 Å². The molecule has 0 atom stereocenters. The van der Waals surface area contributed by atoms with Gasteiger partial charge in [-0.2, -0.15) is 0 Å². The third-order valence-electron chi connectivity index (χ3n) is 14.3. The first kappa shape index (κ1) is 32.2. The lowest BCUT2D eigenvalue weighted by Crippen LogP contribution is -2.57. The highest BCUT2D eigenvalue weighted by molar-refractivity contribution is 7.26. The number of hydrogen-bond acceptors (Lipinski definition) is 3. The normalized spacial score (nSPS) is 14.6. The quantitative estimate of drug-likeness (QED) is 0.150. The largest absolute Gasteiger partial charge is 0.375 e. The van der Waals surface area contributed by atoms with E-state index >= 15 is 0 Å². The van der Waals surface area contributed by atoms with Crippen molar-refractivity contribution >= 4 is 130 Å². The molecule has 0 radical (unpaired) electrons. The Morgan fingerprint density at radius 1 is 0.483 bits per heavy atom. The number of para-hydroxylation sites is 1. The number of aromatic nitrogens is 1. The summed E-state index contributed by atoms with van der Waals surface area (Å²) in [5, 5.41) is 10.5. The molecule has 0 bridgehead atoms. The van der Waals surface area contributed by atoms with Crippen LogP contribution in [0.15, 0.2) is 164 Å². The average molecular weight is 797 g/mol. The lowest BCUT2D eigenvalue weighted by atomic mass is 9.44.